The number of rotatable bonds is 4. The second kappa shape index (κ2) is 6.76. The van der Waals surface area contributed by atoms with Crippen LogP contribution in [0.15, 0.2) is 0 Å². The molecule has 0 atom stereocenters. The lowest BCUT2D eigenvalue weighted by Gasteiger charge is -2.50. The topological polar surface area (TPSA) is 9.72 Å². The van der Waals surface area contributed by atoms with Crippen molar-refractivity contribution in [3.05, 3.63) is 0 Å². The van der Waals surface area contributed by atoms with Crippen LogP contribution >= 0.6 is 0 Å². The van der Waals surface area contributed by atoms with Gasteiger partial charge in [0, 0.05) is 37.8 Å². The number of hydrogen-bond acceptors (Lipinski definition) is 3. The monoisotopic (exact) mass is 281 g/mol. The van der Waals surface area contributed by atoms with Crippen molar-refractivity contribution >= 4 is 0 Å². The molecular formula is C17H35N3. The molecule has 0 spiro atoms. The van der Waals surface area contributed by atoms with E-state index in [1.807, 2.05) is 0 Å². The lowest BCUT2D eigenvalue weighted by atomic mass is 9.91. The van der Waals surface area contributed by atoms with Crippen molar-refractivity contribution in [2.45, 2.75) is 59.0 Å². The van der Waals surface area contributed by atoms with E-state index in [4.69, 9.17) is 0 Å². The molecule has 2 fully saturated rings. The van der Waals surface area contributed by atoms with Crippen molar-refractivity contribution in [2.75, 3.05) is 45.8 Å². The van der Waals surface area contributed by atoms with E-state index in [2.05, 4.69) is 49.3 Å². The number of nitrogens with zero attached hydrogens (tertiary/aromatic N) is 3. The van der Waals surface area contributed by atoms with E-state index in [-0.39, 0.29) is 0 Å². The highest BCUT2D eigenvalue weighted by Gasteiger charge is 2.35. The average molecular weight is 281 g/mol. The third kappa shape index (κ3) is 3.96. The van der Waals surface area contributed by atoms with E-state index < -0.39 is 0 Å². The molecule has 3 heteroatoms. The Balaban J connectivity index is 1.84. The van der Waals surface area contributed by atoms with E-state index in [0.29, 0.717) is 11.6 Å². The highest BCUT2D eigenvalue weighted by atomic mass is 15.3. The van der Waals surface area contributed by atoms with Gasteiger partial charge in [-0.15, -0.1) is 0 Å². The zero-order chi connectivity index (χ0) is 14.8. The van der Waals surface area contributed by atoms with Gasteiger partial charge in [0.2, 0.25) is 0 Å². The summed E-state index contributed by atoms with van der Waals surface area (Å²) in [4.78, 5) is 7.99. The van der Waals surface area contributed by atoms with Gasteiger partial charge in [0.15, 0.2) is 0 Å². The molecule has 3 nitrogen and oxygen atoms in total. The van der Waals surface area contributed by atoms with Crippen LogP contribution in [0.5, 0.6) is 0 Å². The fourth-order valence-electron chi connectivity index (χ4n) is 3.80. The van der Waals surface area contributed by atoms with E-state index >= 15 is 0 Å². The quantitative estimate of drug-likeness (QED) is 0.784. The minimum absolute atomic E-state index is 0.338. The number of hydrogen-bond donors (Lipinski definition) is 0. The Labute approximate surface area is 126 Å². The fraction of sp³-hybridized carbons (Fsp3) is 1.00. The van der Waals surface area contributed by atoms with Gasteiger partial charge in [-0.1, -0.05) is 6.92 Å². The summed E-state index contributed by atoms with van der Waals surface area (Å²) in [5.74, 6) is 0.919. The molecule has 0 aromatic rings. The van der Waals surface area contributed by atoms with Gasteiger partial charge in [-0.2, -0.15) is 0 Å². The minimum atomic E-state index is 0.338. The van der Waals surface area contributed by atoms with Crippen LogP contribution in [-0.2, 0) is 0 Å². The summed E-state index contributed by atoms with van der Waals surface area (Å²) in [5, 5.41) is 0. The van der Waals surface area contributed by atoms with Crippen LogP contribution in [0.25, 0.3) is 0 Å². The Morgan fingerprint density at radius 3 is 2.20 bits per heavy atom. The van der Waals surface area contributed by atoms with Crippen molar-refractivity contribution in [1.29, 1.82) is 0 Å². The maximum absolute atomic E-state index is 2.76. The van der Waals surface area contributed by atoms with Crippen molar-refractivity contribution in [3.8, 4) is 0 Å². The van der Waals surface area contributed by atoms with E-state index in [0.717, 1.165) is 5.92 Å². The minimum Gasteiger partial charge on any atom is -0.304 e. The van der Waals surface area contributed by atoms with Crippen molar-refractivity contribution in [3.63, 3.8) is 0 Å². The summed E-state index contributed by atoms with van der Waals surface area (Å²) in [6, 6.07) is 0.684. The van der Waals surface area contributed by atoms with Crippen LogP contribution in [0, 0.1) is 5.92 Å². The Hall–Kier alpha value is -0.120. The molecule has 2 aliphatic rings. The lowest BCUT2D eigenvalue weighted by molar-refractivity contribution is -0.00904. The van der Waals surface area contributed by atoms with Crippen molar-refractivity contribution in [1.82, 2.24) is 14.7 Å². The van der Waals surface area contributed by atoms with Crippen molar-refractivity contribution < 1.29 is 0 Å². The molecule has 2 rings (SSSR count). The van der Waals surface area contributed by atoms with Crippen LogP contribution in [0.3, 0.4) is 0 Å². The van der Waals surface area contributed by atoms with Gasteiger partial charge in [-0.05, 0) is 66.1 Å². The largest absolute Gasteiger partial charge is 0.304 e. The average Bonchev–Trinajstić information content (AvgIpc) is 2.41. The number of likely N-dealkylation sites (tertiary alicyclic amines) is 1. The smallest absolute Gasteiger partial charge is 0.0280 e. The SMILES string of the molecule is CCN1CCC(CN2CCN(C(C)C)CC2(C)C)CC1. The number of piperazine rings is 1. The molecule has 118 valence electrons. The van der Waals surface area contributed by atoms with Crippen LogP contribution in [0.1, 0.15) is 47.5 Å². The Kier molecular flexibility index (Phi) is 5.49. The molecule has 0 aromatic carbocycles. The van der Waals surface area contributed by atoms with Gasteiger partial charge < -0.3 is 4.90 Å². The first-order valence-corrected chi connectivity index (χ1v) is 8.64. The first-order valence-electron chi connectivity index (χ1n) is 8.64. The third-order valence-electron chi connectivity index (χ3n) is 5.47. The second-order valence-corrected chi connectivity index (χ2v) is 7.70. The van der Waals surface area contributed by atoms with E-state index in [9.17, 15) is 0 Å². The Bertz CT molecular complexity index is 293. The standard InChI is InChI=1S/C17H35N3/c1-6-18-9-7-16(8-10-18)13-20-12-11-19(15(2)3)14-17(20,4)5/h15-16H,6-14H2,1-5H3. The summed E-state index contributed by atoms with van der Waals surface area (Å²) < 4.78 is 0. The summed E-state index contributed by atoms with van der Waals surface area (Å²) >= 11 is 0. The van der Waals surface area contributed by atoms with Gasteiger partial charge in [-0.3, -0.25) is 9.80 Å². The zero-order valence-corrected chi connectivity index (χ0v) is 14.4. The predicted octanol–water partition coefficient (Wildman–Crippen LogP) is 2.52. The normalized spacial score (nSPS) is 27.3. The molecule has 2 saturated heterocycles. The van der Waals surface area contributed by atoms with Crippen LogP contribution in [-0.4, -0.2) is 72.1 Å². The van der Waals surface area contributed by atoms with Crippen LogP contribution in [0.4, 0.5) is 0 Å². The molecule has 0 saturated carbocycles. The fourth-order valence-corrected chi connectivity index (χ4v) is 3.80. The van der Waals surface area contributed by atoms with Gasteiger partial charge in [0.05, 0.1) is 0 Å². The Morgan fingerprint density at radius 2 is 1.70 bits per heavy atom. The molecule has 0 bridgehead atoms. The predicted molar refractivity (Wildman–Crippen MR) is 87.2 cm³/mol. The molecule has 2 aliphatic heterocycles. The van der Waals surface area contributed by atoms with Crippen molar-refractivity contribution in [2.24, 2.45) is 5.92 Å². The summed E-state index contributed by atoms with van der Waals surface area (Å²) in [6.07, 6.45) is 2.79. The van der Waals surface area contributed by atoms with Gasteiger partial charge in [0.25, 0.3) is 0 Å². The molecule has 2 heterocycles. The van der Waals surface area contributed by atoms with Crippen LogP contribution < -0.4 is 0 Å². The molecule has 0 unspecified atom stereocenters. The lowest BCUT2D eigenvalue weighted by Crippen LogP contribution is -2.61. The molecule has 0 radical (unpaired) electrons. The first-order chi connectivity index (χ1) is 9.42. The molecule has 0 N–H and O–H groups in total. The summed E-state index contributed by atoms with van der Waals surface area (Å²) in [6.45, 7) is 20.7. The Morgan fingerprint density at radius 1 is 1.05 bits per heavy atom. The third-order valence-corrected chi connectivity index (χ3v) is 5.47. The highest BCUT2D eigenvalue weighted by Crippen LogP contribution is 2.26. The van der Waals surface area contributed by atoms with E-state index in [1.165, 1.54) is 58.7 Å². The second-order valence-electron chi connectivity index (χ2n) is 7.70. The van der Waals surface area contributed by atoms with Crippen LogP contribution in [0.2, 0.25) is 0 Å². The number of piperidine rings is 1. The van der Waals surface area contributed by atoms with Gasteiger partial charge in [-0.25, -0.2) is 0 Å². The summed E-state index contributed by atoms with van der Waals surface area (Å²) in [7, 11) is 0. The molecule has 20 heavy (non-hydrogen) atoms. The molecular weight excluding hydrogens is 246 g/mol. The van der Waals surface area contributed by atoms with Gasteiger partial charge in [0.1, 0.15) is 0 Å². The molecule has 0 aliphatic carbocycles. The van der Waals surface area contributed by atoms with Gasteiger partial charge >= 0.3 is 0 Å². The maximum Gasteiger partial charge on any atom is 0.0280 e. The zero-order valence-electron chi connectivity index (χ0n) is 14.4. The first kappa shape index (κ1) is 16.3. The molecule has 0 aromatic heterocycles. The molecule has 0 amide bonds. The van der Waals surface area contributed by atoms with E-state index in [1.54, 1.807) is 0 Å². The highest BCUT2D eigenvalue weighted by molar-refractivity contribution is 4.92. The maximum atomic E-state index is 2.76. The summed E-state index contributed by atoms with van der Waals surface area (Å²) in [5.41, 5.74) is 0.338.